The third kappa shape index (κ3) is 4.52. The smallest absolute Gasteiger partial charge is 0.245 e. The van der Waals surface area contributed by atoms with Gasteiger partial charge in [0.2, 0.25) is 5.91 Å². The Labute approximate surface area is 200 Å². The molecule has 0 aliphatic carbocycles. The van der Waals surface area contributed by atoms with Gasteiger partial charge in [0.05, 0.1) is 16.7 Å². The second kappa shape index (κ2) is 10.4. The Kier molecular flexibility index (Phi) is 7.89. The van der Waals surface area contributed by atoms with Crippen LogP contribution in [0.5, 0.6) is 0 Å². The average Bonchev–Trinajstić information content (AvgIpc) is 3.09. The molecule has 1 aliphatic heterocycles. The molecule has 168 valence electrons. The van der Waals surface area contributed by atoms with Gasteiger partial charge in [-0.3, -0.25) is 4.79 Å². The van der Waals surface area contributed by atoms with Crippen LogP contribution in [0, 0.1) is 11.3 Å². The average molecular weight is 469 g/mol. The molecule has 1 aliphatic rings. The van der Waals surface area contributed by atoms with Gasteiger partial charge in [0.15, 0.2) is 0 Å². The summed E-state index contributed by atoms with van der Waals surface area (Å²) < 4.78 is 0. The van der Waals surface area contributed by atoms with Crippen LogP contribution in [0.3, 0.4) is 0 Å². The zero-order valence-electron chi connectivity index (χ0n) is 19.0. The van der Waals surface area contributed by atoms with Gasteiger partial charge >= 0.3 is 0 Å². The van der Waals surface area contributed by atoms with Gasteiger partial charge < -0.3 is 15.1 Å². The number of rotatable bonds is 9. The van der Waals surface area contributed by atoms with Crippen LogP contribution in [-0.4, -0.2) is 50.3 Å². The largest absolute Gasteiger partial charge is 0.378 e. The number of carbonyl (C=O) groups excluding carboxylic acids is 1. The lowest BCUT2D eigenvalue weighted by atomic mass is 9.70. The van der Waals surface area contributed by atoms with Gasteiger partial charge in [-0.05, 0) is 48.5 Å². The van der Waals surface area contributed by atoms with Gasteiger partial charge in [-0.15, -0.1) is 11.8 Å². The molecule has 2 aromatic carbocycles. The topological polar surface area (TPSA) is 59.4 Å². The second-order valence-electron chi connectivity index (χ2n) is 7.84. The minimum absolute atomic E-state index is 0.209. The second-order valence-corrected chi connectivity index (χ2v) is 9.39. The molecule has 3 rings (SSSR count). The zero-order chi connectivity index (χ0) is 23.3. The Morgan fingerprint density at radius 1 is 1.03 bits per heavy atom. The van der Waals surface area contributed by atoms with Crippen LogP contribution < -0.4 is 10.2 Å². The van der Waals surface area contributed by atoms with E-state index in [0.717, 1.165) is 42.2 Å². The third-order valence-electron chi connectivity index (χ3n) is 5.92. The van der Waals surface area contributed by atoms with Crippen LogP contribution >= 0.6 is 23.4 Å². The molecule has 0 bridgehead atoms. The highest BCUT2D eigenvalue weighted by Gasteiger charge is 2.52. The lowest BCUT2D eigenvalue weighted by molar-refractivity contribution is -0.122. The van der Waals surface area contributed by atoms with Crippen LogP contribution in [0.2, 0.25) is 5.02 Å². The highest BCUT2D eigenvalue weighted by atomic mass is 35.5. The first kappa shape index (κ1) is 24.2. The fourth-order valence-corrected chi connectivity index (χ4v) is 5.22. The Hall–Kier alpha value is -2.46. The number of amides is 1. The van der Waals surface area contributed by atoms with Crippen LogP contribution in [0.4, 0.5) is 5.69 Å². The highest BCUT2D eigenvalue weighted by molar-refractivity contribution is 8.03. The molecular formula is C25H29ClN4OS. The van der Waals surface area contributed by atoms with Crippen molar-refractivity contribution in [2.45, 2.75) is 19.3 Å². The maximum atomic E-state index is 13.6. The Balaban J connectivity index is 2.10. The van der Waals surface area contributed by atoms with Crippen molar-refractivity contribution in [1.29, 1.82) is 5.26 Å². The van der Waals surface area contributed by atoms with Gasteiger partial charge in [0.25, 0.3) is 0 Å². The van der Waals surface area contributed by atoms with E-state index in [4.69, 9.17) is 11.6 Å². The number of halogens is 1. The molecule has 1 N–H and O–H groups in total. The van der Waals surface area contributed by atoms with Gasteiger partial charge in [0, 0.05) is 37.1 Å². The van der Waals surface area contributed by atoms with Crippen molar-refractivity contribution in [2.75, 3.05) is 44.4 Å². The first-order valence-corrected chi connectivity index (χ1v) is 12.1. The predicted molar refractivity (Wildman–Crippen MR) is 134 cm³/mol. The van der Waals surface area contributed by atoms with Gasteiger partial charge in [-0.1, -0.05) is 49.7 Å². The lowest BCUT2D eigenvalue weighted by Crippen LogP contribution is -2.39. The van der Waals surface area contributed by atoms with E-state index in [2.05, 4.69) is 30.1 Å². The number of hydrogen-bond acceptors (Lipinski definition) is 5. The Morgan fingerprint density at radius 3 is 2.09 bits per heavy atom. The normalized spacial score (nSPS) is 18.1. The quantitative estimate of drug-likeness (QED) is 0.581. The summed E-state index contributed by atoms with van der Waals surface area (Å²) in [7, 11) is 3.94. The molecule has 0 spiro atoms. The zero-order valence-corrected chi connectivity index (χ0v) is 20.6. The summed E-state index contributed by atoms with van der Waals surface area (Å²) in [6.07, 6.45) is 0. The number of anilines is 1. The number of hydrogen-bond donors (Lipinski definition) is 1. The molecule has 0 radical (unpaired) electrons. The van der Waals surface area contributed by atoms with E-state index in [-0.39, 0.29) is 5.91 Å². The van der Waals surface area contributed by atoms with Crippen molar-refractivity contribution < 1.29 is 4.79 Å². The molecular weight excluding hydrogens is 440 g/mol. The summed E-state index contributed by atoms with van der Waals surface area (Å²) in [6, 6.07) is 17.4. The van der Waals surface area contributed by atoms with E-state index >= 15 is 0 Å². The maximum Gasteiger partial charge on any atom is 0.245 e. The highest BCUT2D eigenvalue weighted by Crippen LogP contribution is 2.46. The van der Waals surface area contributed by atoms with Gasteiger partial charge in [-0.2, -0.15) is 5.26 Å². The number of nitrogens with one attached hydrogen (secondary N) is 1. The molecule has 1 amide bonds. The van der Waals surface area contributed by atoms with Gasteiger partial charge in [0.1, 0.15) is 5.41 Å². The van der Waals surface area contributed by atoms with Crippen LogP contribution in [0.1, 0.15) is 25.0 Å². The third-order valence-corrected chi connectivity index (χ3v) is 7.16. The fraction of sp³-hybridized carbons (Fsp3) is 0.360. The Morgan fingerprint density at radius 2 is 1.59 bits per heavy atom. The van der Waals surface area contributed by atoms with E-state index in [1.807, 2.05) is 55.4 Å². The molecule has 32 heavy (non-hydrogen) atoms. The summed E-state index contributed by atoms with van der Waals surface area (Å²) in [4.78, 5) is 17.9. The summed E-state index contributed by atoms with van der Waals surface area (Å²) in [6.45, 7) is 7.10. The lowest BCUT2D eigenvalue weighted by Gasteiger charge is -2.29. The molecule has 7 heteroatoms. The van der Waals surface area contributed by atoms with Crippen molar-refractivity contribution in [3.8, 4) is 6.07 Å². The molecule has 0 fully saturated rings. The first-order valence-electron chi connectivity index (χ1n) is 10.7. The molecule has 1 heterocycles. The van der Waals surface area contributed by atoms with Crippen LogP contribution in [0.25, 0.3) is 0 Å². The standard InChI is InChI=1S/C25H29ClN4OS/c1-5-30(6-2)15-16-32-23-22(17-27)25(24(31)28-23,18-7-11-20(26)12-8-18)19-9-13-21(14-10-19)29(3)4/h7-14H,5-6,15-16H2,1-4H3,(H,28,31). The molecule has 0 saturated heterocycles. The van der Waals surface area contributed by atoms with Crippen molar-refractivity contribution in [3.05, 3.63) is 75.3 Å². The summed E-state index contributed by atoms with van der Waals surface area (Å²) in [5.41, 5.74) is 1.75. The van der Waals surface area contributed by atoms with Crippen molar-refractivity contribution in [2.24, 2.45) is 0 Å². The van der Waals surface area contributed by atoms with E-state index < -0.39 is 5.41 Å². The maximum absolute atomic E-state index is 13.6. The molecule has 0 saturated carbocycles. The first-order chi connectivity index (χ1) is 15.4. The predicted octanol–water partition coefficient (Wildman–Crippen LogP) is 4.63. The summed E-state index contributed by atoms with van der Waals surface area (Å²) in [5.74, 6) is 0.581. The van der Waals surface area contributed by atoms with Crippen molar-refractivity contribution in [1.82, 2.24) is 10.2 Å². The molecule has 5 nitrogen and oxygen atoms in total. The minimum Gasteiger partial charge on any atom is -0.378 e. The monoisotopic (exact) mass is 468 g/mol. The Bertz CT molecular complexity index is 1020. The molecule has 1 atom stereocenters. The fourth-order valence-electron chi connectivity index (χ4n) is 4.03. The molecule has 1 unspecified atom stereocenters. The summed E-state index contributed by atoms with van der Waals surface area (Å²) >= 11 is 7.67. The number of benzene rings is 2. The number of carbonyl (C=O) groups is 1. The van der Waals surface area contributed by atoms with E-state index in [9.17, 15) is 10.1 Å². The van der Waals surface area contributed by atoms with Crippen molar-refractivity contribution >= 4 is 35.0 Å². The van der Waals surface area contributed by atoms with E-state index in [0.29, 0.717) is 15.6 Å². The molecule has 0 aromatic heterocycles. The van der Waals surface area contributed by atoms with E-state index in [1.54, 1.807) is 12.1 Å². The van der Waals surface area contributed by atoms with Crippen LogP contribution in [-0.2, 0) is 10.2 Å². The SMILES string of the molecule is CCN(CC)CCSC1=C(C#N)C(c2ccc(Cl)cc2)(c2ccc(N(C)C)cc2)C(=O)N1. The van der Waals surface area contributed by atoms with Crippen LogP contribution in [0.15, 0.2) is 59.1 Å². The molecule has 2 aromatic rings. The van der Waals surface area contributed by atoms with E-state index in [1.165, 1.54) is 11.8 Å². The summed E-state index contributed by atoms with van der Waals surface area (Å²) in [5, 5.41) is 14.5. The van der Waals surface area contributed by atoms with Gasteiger partial charge in [-0.25, -0.2) is 0 Å². The number of thioether (sulfide) groups is 1. The number of nitriles is 1. The van der Waals surface area contributed by atoms with Crippen molar-refractivity contribution in [3.63, 3.8) is 0 Å². The number of nitrogens with zero attached hydrogens (tertiary/aromatic N) is 3. The minimum atomic E-state index is -1.21.